The van der Waals surface area contributed by atoms with E-state index in [-0.39, 0.29) is 6.10 Å². The molecule has 1 atom stereocenters. The molecule has 1 N–H and O–H groups in total. The van der Waals surface area contributed by atoms with E-state index in [9.17, 15) is 5.11 Å². The Balaban J connectivity index is 2.05. The molecule has 0 aliphatic heterocycles. The van der Waals surface area contributed by atoms with Crippen LogP contribution in [-0.4, -0.2) is 11.2 Å². The van der Waals surface area contributed by atoms with Crippen LogP contribution >= 0.6 is 0 Å². The lowest BCUT2D eigenvalue weighted by molar-refractivity contribution is 0.163. The van der Waals surface area contributed by atoms with Crippen molar-refractivity contribution in [1.82, 2.24) is 0 Å². The maximum Gasteiger partial charge on any atom is 0.0652 e. The second kappa shape index (κ2) is 3.63. The summed E-state index contributed by atoms with van der Waals surface area (Å²) in [4.78, 5) is 0. The molecule has 1 fully saturated rings. The van der Waals surface area contributed by atoms with Crippen LogP contribution in [0.15, 0.2) is 0 Å². The Bertz CT molecular complexity index is 148. The van der Waals surface area contributed by atoms with Crippen molar-refractivity contribution in [2.45, 2.75) is 38.7 Å². The first kappa shape index (κ1) is 7.63. The highest BCUT2D eigenvalue weighted by atomic mass is 16.3. The number of hydrogen-bond acceptors (Lipinski definition) is 1. The number of aliphatic hydroxyl groups excluding tert-OH is 1. The smallest absolute Gasteiger partial charge is 0.0652 e. The molecular weight excluding hydrogens is 124 g/mol. The van der Waals surface area contributed by atoms with Gasteiger partial charge in [0.2, 0.25) is 0 Å². The van der Waals surface area contributed by atoms with Crippen molar-refractivity contribution in [3.8, 4) is 11.8 Å². The molecule has 1 unspecified atom stereocenters. The Morgan fingerprint density at radius 3 is 2.80 bits per heavy atom. The van der Waals surface area contributed by atoms with Crippen molar-refractivity contribution in [3.63, 3.8) is 0 Å². The zero-order valence-electron chi connectivity index (χ0n) is 6.43. The molecule has 0 bridgehead atoms. The minimum atomic E-state index is -0.167. The fourth-order valence-electron chi connectivity index (χ4n) is 1.04. The van der Waals surface area contributed by atoms with Crippen molar-refractivity contribution in [2.24, 2.45) is 5.92 Å². The molecule has 1 rings (SSSR count). The highest BCUT2D eigenvalue weighted by molar-refractivity contribution is 4.97. The molecule has 10 heavy (non-hydrogen) atoms. The van der Waals surface area contributed by atoms with Crippen LogP contribution in [0.2, 0.25) is 0 Å². The molecule has 1 aliphatic carbocycles. The van der Waals surface area contributed by atoms with Gasteiger partial charge in [-0.3, -0.25) is 0 Å². The van der Waals surface area contributed by atoms with Gasteiger partial charge in [-0.15, -0.1) is 11.8 Å². The first-order valence-electron chi connectivity index (χ1n) is 3.90. The Hall–Kier alpha value is -0.480. The van der Waals surface area contributed by atoms with E-state index < -0.39 is 0 Å². The predicted octanol–water partition coefficient (Wildman–Crippen LogP) is 1.56. The Kier molecular flexibility index (Phi) is 2.77. The number of aliphatic hydroxyl groups is 1. The zero-order chi connectivity index (χ0) is 7.40. The van der Waals surface area contributed by atoms with E-state index in [2.05, 4.69) is 11.8 Å². The highest BCUT2D eigenvalue weighted by Gasteiger charge is 2.23. The molecule has 0 saturated heterocycles. The SMILES string of the molecule is CC#CCC(O)CC1CC1. The van der Waals surface area contributed by atoms with Crippen LogP contribution in [0, 0.1) is 17.8 Å². The third-order valence-corrected chi connectivity index (χ3v) is 1.82. The number of rotatable bonds is 3. The average molecular weight is 138 g/mol. The van der Waals surface area contributed by atoms with Gasteiger partial charge in [-0.2, -0.15) is 0 Å². The van der Waals surface area contributed by atoms with Gasteiger partial charge in [-0.25, -0.2) is 0 Å². The maximum absolute atomic E-state index is 9.29. The summed E-state index contributed by atoms with van der Waals surface area (Å²) >= 11 is 0. The monoisotopic (exact) mass is 138 g/mol. The molecule has 1 saturated carbocycles. The Morgan fingerprint density at radius 1 is 1.60 bits per heavy atom. The molecule has 1 nitrogen and oxygen atoms in total. The van der Waals surface area contributed by atoms with Gasteiger partial charge in [0, 0.05) is 6.42 Å². The standard InChI is InChI=1S/C9H14O/c1-2-3-4-9(10)7-8-5-6-8/h8-10H,4-7H2,1H3. The summed E-state index contributed by atoms with van der Waals surface area (Å²) in [5.74, 6) is 6.48. The van der Waals surface area contributed by atoms with Gasteiger partial charge >= 0.3 is 0 Å². The number of hydrogen-bond donors (Lipinski definition) is 1. The molecule has 0 aromatic heterocycles. The van der Waals surface area contributed by atoms with Gasteiger partial charge in [0.25, 0.3) is 0 Å². The molecule has 0 aromatic rings. The van der Waals surface area contributed by atoms with Crippen molar-refractivity contribution in [1.29, 1.82) is 0 Å². The predicted molar refractivity (Wildman–Crippen MR) is 41.4 cm³/mol. The molecular formula is C9H14O. The molecule has 56 valence electrons. The third-order valence-electron chi connectivity index (χ3n) is 1.82. The van der Waals surface area contributed by atoms with Crippen molar-refractivity contribution >= 4 is 0 Å². The third kappa shape index (κ3) is 2.89. The van der Waals surface area contributed by atoms with Crippen LogP contribution in [0.25, 0.3) is 0 Å². The summed E-state index contributed by atoms with van der Waals surface area (Å²) in [5.41, 5.74) is 0. The highest BCUT2D eigenvalue weighted by Crippen LogP contribution is 2.33. The fourth-order valence-corrected chi connectivity index (χ4v) is 1.04. The van der Waals surface area contributed by atoms with E-state index >= 15 is 0 Å². The van der Waals surface area contributed by atoms with E-state index in [1.807, 2.05) is 6.92 Å². The van der Waals surface area contributed by atoms with Crippen molar-refractivity contribution in [3.05, 3.63) is 0 Å². The molecule has 0 spiro atoms. The lowest BCUT2D eigenvalue weighted by Gasteiger charge is -2.03. The van der Waals surface area contributed by atoms with Gasteiger partial charge in [0.1, 0.15) is 0 Å². The van der Waals surface area contributed by atoms with Gasteiger partial charge in [0.15, 0.2) is 0 Å². The normalized spacial score (nSPS) is 19.4. The van der Waals surface area contributed by atoms with E-state index in [4.69, 9.17) is 0 Å². The van der Waals surface area contributed by atoms with Gasteiger partial charge < -0.3 is 5.11 Å². The van der Waals surface area contributed by atoms with Crippen LogP contribution in [0.4, 0.5) is 0 Å². The average Bonchev–Trinajstić information content (AvgIpc) is 2.67. The van der Waals surface area contributed by atoms with E-state index in [1.165, 1.54) is 12.8 Å². The summed E-state index contributed by atoms with van der Waals surface area (Å²) in [7, 11) is 0. The van der Waals surface area contributed by atoms with Crippen LogP contribution in [-0.2, 0) is 0 Å². The summed E-state index contributed by atoms with van der Waals surface area (Å²) in [6.45, 7) is 1.81. The van der Waals surface area contributed by atoms with Crippen LogP contribution < -0.4 is 0 Å². The van der Waals surface area contributed by atoms with E-state index in [0.717, 1.165) is 12.3 Å². The fraction of sp³-hybridized carbons (Fsp3) is 0.778. The van der Waals surface area contributed by atoms with Crippen molar-refractivity contribution < 1.29 is 5.11 Å². The van der Waals surface area contributed by atoms with Crippen LogP contribution in [0.1, 0.15) is 32.6 Å². The quantitative estimate of drug-likeness (QED) is 0.587. The molecule has 0 radical (unpaired) electrons. The second-order valence-electron chi connectivity index (χ2n) is 2.96. The van der Waals surface area contributed by atoms with E-state index in [0.29, 0.717) is 6.42 Å². The first-order valence-corrected chi connectivity index (χ1v) is 3.90. The Labute approximate surface area is 62.4 Å². The zero-order valence-corrected chi connectivity index (χ0v) is 6.43. The second-order valence-corrected chi connectivity index (χ2v) is 2.96. The molecule has 0 heterocycles. The summed E-state index contributed by atoms with van der Waals surface area (Å²) < 4.78 is 0. The minimum absolute atomic E-state index is 0.167. The molecule has 0 amide bonds. The minimum Gasteiger partial charge on any atom is -0.392 e. The van der Waals surface area contributed by atoms with Crippen LogP contribution in [0.5, 0.6) is 0 Å². The summed E-state index contributed by atoms with van der Waals surface area (Å²) in [6.07, 6.45) is 4.09. The molecule has 1 aliphatic rings. The maximum atomic E-state index is 9.29. The van der Waals surface area contributed by atoms with Gasteiger partial charge in [-0.05, 0) is 19.3 Å². The molecule has 0 aromatic carbocycles. The Morgan fingerprint density at radius 2 is 2.30 bits per heavy atom. The van der Waals surface area contributed by atoms with Gasteiger partial charge in [-0.1, -0.05) is 12.8 Å². The topological polar surface area (TPSA) is 20.2 Å². The summed E-state index contributed by atoms with van der Waals surface area (Å²) in [5, 5.41) is 9.29. The lowest BCUT2D eigenvalue weighted by Crippen LogP contribution is -2.05. The van der Waals surface area contributed by atoms with Crippen LogP contribution in [0.3, 0.4) is 0 Å². The summed E-state index contributed by atoms with van der Waals surface area (Å²) in [6, 6.07) is 0. The van der Waals surface area contributed by atoms with Crippen molar-refractivity contribution in [2.75, 3.05) is 0 Å². The largest absolute Gasteiger partial charge is 0.392 e. The first-order chi connectivity index (χ1) is 4.83. The molecule has 1 heteroatoms. The van der Waals surface area contributed by atoms with E-state index in [1.54, 1.807) is 0 Å². The lowest BCUT2D eigenvalue weighted by atomic mass is 10.1. The van der Waals surface area contributed by atoms with Gasteiger partial charge in [0.05, 0.1) is 6.10 Å².